The summed E-state index contributed by atoms with van der Waals surface area (Å²) in [4.78, 5) is 0. The van der Waals surface area contributed by atoms with E-state index in [0.29, 0.717) is 12.0 Å². The van der Waals surface area contributed by atoms with Crippen molar-refractivity contribution in [1.29, 1.82) is 0 Å². The molecular weight excluding hydrogens is 254 g/mol. The van der Waals surface area contributed by atoms with Crippen LogP contribution in [0.5, 0.6) is 0 Å². The molecule has 112 valence electrons. The maximum Gasteiger partial charge on any atom is 0.0392 e. The van der Waals surface area contributed by atoms with Crippen molar-refractivity contribution in [3.63, 3.8) is 0 Å². The van der Waals surface area contributed by atoms with E-state index in [0.717, 1.165) is 19.4 Å². The van der Waals surface area contributed by atoms with Gasteiger partial charge in [-0.1, -0.05) is 68.4 Å². The standard InChI is InChI=1S/C20H27N/c1-4-15-21-20(19-14-10-9-11-16(19)3)18(5-2)17-12-7-6-8-13-17/h6-14,18,20-21H,4-5,15H2,1-3H3. The fraction of sp³-hybridized carbons (Fsp3) is 0.400. The second-order valence-corrected chi connectivity index (χ2v) is 5.71. The zero-order valence-corrected chi connectivity index (χ0v) is 13.5. The van der Waals surface area contributed by atoms with Crippen molar-refractivity contribution in [3.8, 4) is 0 Å². The van der Waals surface area contributed by atoms with E-state index in [1.54, 1.807) is 0 Å². The van der Waals surface area contributed by atoms with Crippen molar-refractivity contribution in [3.05, 3.63) is 71.3 Å². The van der Waals surface area contributed by atoms with Gasteiger partial charge in [0.25, 0.3) is 0 Å². The van der Waals surface area contributed by atoms with Crippen LogP contribution in [-0.2, 0) is 0 Å². The van der Waals surface area contributed by atoms with Gasteiger partial charge >= 0.3 is 0 Å². The van der Waals surface area contributed by atoms with E-state index >= 15 is 0 Å². The van der Waals surface area contributed by atoms with Crippen LogP contribution in [0.25, 0.3) is 0 Å². The Morgan fingerprint density at radius 3 is 2.19 bits per heavy atom. The van der Waals surface area contributed by atoms with Crippen LogP contribution in [0.15, 0.2) is 54.6 Å². The Morgan fingerprint density at radius 1 is 0.905 bits per heavy atom. The molecule has 21 heavy (non-hydrogen) atoms. The first-order valence-corrected chi connectivity index (χ1v) is 8.11. The van der Waals surface area contributed by atoms with Crippen molar-refractivity contribution in [1.82, 2.24) is 5.32 Å². The maximum atomic E-state index is 3.78. The second kappa shape index (κ2) is 7.99. The van der Waals surface area contributed by atoms with Gasteiger partial charge in [0.15, 0.2) is 0 Å². The Hall–Kier alpha value is -1.60. The Labute approximate surface area is 129 Å². The number of nitrogens with one attached hydrogen (secondary N) is 1. The van der Waals surface area contributed by atoms with E-state index in [1.807, 2.05) is 0 Å². The highest BCUT2D eigenvalue weighted by molar-refractivity contribution is 5.33. The zero-order valence-electron chi connectivity index (χ0n) is 13.5. The van der Waals surface area contributed by atoms with Crippen LogP contribution in [0, 0.1) is 6.92 Å². The molecule has 0 heterocycles. The summed E-state index contributed by atoms with van der Waals surface area (Å²) in [5, 5.41) is 3.78. The topological polar surface area (TPSA) is 12.0 Å². The summed E-state index contributed by atoms with van der Waals surface area (Å²) in [5.41, 5.74) is 4.24. The van der Waals surface area contributed by atoms with Gasteiger partial charge in [0, 0.05) is 12.0 Å². The van der Waals surface area contributed by atoms with Gasteiger partial charge in [-0.2, -0.15) is 0 Å². The Bertz CT molecular complexity index is 533. The van der Waals surface area contributed by atoms with Crippen molar-refractivity contribution in [2.75, 3.05) is 6.54 Å². The monoisotopic (exact) mass is 281 g/mol. The van der Waals surface area contributed by atoms with E-state index in [-0.39, 0.29) is 0 Å². The number of benzene rings is 2. The molecule has 2 rings (SSSR count). The zero-order chi connectivity index (χ0) is 15.1. The van der Waals surface area contributed by atoms with E-state index < -0.39 is 0 Å². The van der Waals surface area contributed by atoms with Gasteiger partial charge < -0.3 is 5.32 Å². The minimum absolute atomic E-state index is 0.388. The molecule has 2 atom stereocenters. The van der Waals surface area contributed by atoms with Gasteiger partial charge in [0.05, 0.1) is 0 Å². The Kier molecular flexibility index (Phi) is 6.01. The first-order chi connectivity index (χ1) is 10.3. The summed E-state index contributed by atoms with van der Waals surface area (Å²) in [7, 11) is 0. The van der Waals surface area contributed by atoms with Crippen LogP contribution in [0.2, 0.25) is 0 Å². The van der Waals surface area contributed by atoms with Gasteiger partial charge in [0.2, 0.25) is 0 Å². The highest BCUT2D eigenvalue weighted by Crippen LogP contribution is 2.34. The van der Waals surface area contributed by atoms with Crippen LogP contribution >= 0.6 is 0 Å². The second-order valence-electron chi connectivity index (χ2n) is 5.71. The predicted octanol–water partition coefficient (Wildman–Crippen LogP) is 5.23. The number of hydrogen-bond donors (Lipinski definition) is 1. The lowest BCUT2D eigenvalue weighted by molar-refractivity contribution is 0.434. The Balaban J connectivity index is 2.36. The molecule has 0 bridgehead atoms. The summed E-state index contributed by atoms with van der Waals surface area (Å²) in [6, 6.07) is 20.1. The lowest BCUT2D eigenvalue weighted by Crippen LogP contribution is -2.28. The molecule has 1 heteroatoms. The van der Waals surface area contributed by atoms with Gasteiger partial charge in [0.1, 0.15) is 0 Å². The highest BCUT2D eigenvalue weighted by atomic mass is 14.9. The average molecular weight is 281 g/mol. The largest absolute Gasteiger partial charge is 0.309 e. The van der Waals surface area contributed by atoms with E-state index in [1.165, 1.54) is 16.7 Å². The van der Waals surface area contributed by atoms with E-state index in [9.17, 15) is 0 Å². The summed E-state index contributed by atoms with van der Waals surface area (Å²) >= 11 is 0. The molecule has 0 saturated heterocycles. The highest BCUT2D eigenvalue weighted by Gasteiger charge is 2.23. The smallest absolute Gasteiger partial charge is 0.0392 e. The number of hydrogen-bond acceptors (Lipinski definition) is 1. The average Bonchev–Trinajstić information content (AvgIpc) is 2.53. The third kappa shape index (κ3) is 3.95. The molecule has 0 aliphatic carbocycles. The fourth-order valence-corrected chi connectivity index (χ4v) is 3.07. The van der Waals surface area contributed by atoms with E-state index in [4.69, 9.17) is 0 Å². The third-order valence-corrected chi connectivity index (χ3v) is 4.21. The van der Waals surface area contributed by atoms with Crippen LogP contribution in [0.3, 0.4) is 0 Å². The minimum Gasteiger partial charge on any atom is -0.309 e. The molecule has 1 nitrogen and oxygen atoms in total. The predicted molar refractivity (Wildman–Crippen MR) is 91.7 cm³/mol. The van der Waals surface area contributed by atoms with E-state index in [2.05, 4.69) is 80.7 Å². The lowest BCUT2D eigenvalue weighted by Gasteiger charge is -2.29. The van der Waals surface area contributed by atoms with Crippen LogP contribution in [-0.4, -0.2) is 6.54 Å². The van der Waals surface area contributed by atoms with Gasteiger partial charge in [-0.15, -0.1) is 0 Å². The van der Waals surface area contributed by atoms with Crippen LogP contribution < -0.4 is 5.32 Å². The normalized spacial score (nSPS) is 13.9. The first kappa shape index (κ1) is 15.8. The minimum atomic E-state index is 0.388. The van der Waals surface area contributed by atoms with Crippen molar-refractivity contribution in [2.45, 2.75) is 45.6 Å². The number of aryl methyl sites for hydroxylation is 1. The number of rotatable bonds is 7. The molecule has 2 aromatic carbocycles. The summed E-state index contributed by atoms with van der Waals surface area (Å²) in [6.07, 6.45) is 2.30. The molecule has 2 unspecified atom stereocenters. The quantitative estimate of drug-likeness (QED) is 0.732. The molecule has 0 fully saturated rings. The van der Waals surface area contributed by atoms with Crippen LogP contribution in [0.1, 0.15) is 55.3 Å². The molecule has 2 aromatic rings. The molecule has 0 aromatic heterocycles. The molecule has 0 aliphatic heterocycles. The SMILES string of the molecule is CCCNC(c1ccccc1C)C(CC)c1ccccc1. The molecule has 0 radical (unpaired) electrons. The van der Waals surface area contributed by atoms with Crippen molar-refractivity contribution in [2.24, 2.45) is 0 Å². The molecule has 1 N–H and O–H groups in total. The third-order valence-electron chi connectivity index (χ3n) is 4.21. The first-order valence-electron chi connectivity index (χ1n) is 8.11. The molecular formula is C20H27N. The Morgan fingerprint density at radius 2 is 1.57 bits per heavy atom. The van der Waals surface area contributed by atoms with Crippen LogP contribution in [0.4, 0.5) is 0 Å². The maximum absolute atomic E-state index is 3.78. The molecule has 0 aliphatic rings. The van der Waals surface area contributed by atoms with Gasteiger partial charge in [-0.25, -0.2) is 0 Å². The summed E-state index contributed by atoms with van der Waals surface area (Å²) in [5.74, 6) is 0.513. The molecule has 0 saturated carbocycles. The van der Waals surface area contributed by atoms with Crippen molar-refractivity contribution >= 4 is 0 Å². The van der Waals surface area contributed by atoms with Gasteiger partial charge in [-0.3, -0.25) is 0 Å². The molecule has 0 amide bonds. The summed E-state index contributed by atoms with van der Waals surface area (Å²) < 4.78 is 0. The summed E-state index contributed by atoms with van der Waals surface area (Å²) in [6.45, 7) is 7.79. The lowest BCUT2D eigenvalue weighted by atomic mass is 9.83. The van der Waals surface area contributed by atoms with Gasteiger partial charge in [-0.05, 0) is 43.0 Å². The molecule has 0 spiro atoms. The van der Waals surface area contributed by atoms with Crippen molar-refractivity contribution < 1.29 is 0 Å². The fourth-order valence-electron chi connectivity index (χ4n) is 3.07.